The zero-order valence-corrected chi connectivity index (χ0v) is 10.6. The normalized spacial score (nSPS) is 14.1. The van der Waals surface area contributed by atoms with Crippen LogP contribution in [0.3, 0.4) is 0 Å². The summed E-state index contributed by atoms with van der Waals surface area (Å²) in [5, 5.41) is 8.03. The molecule has 0 aromatic carbocycles. The first-order valence-electron chi connectivity index (χ1n) is 6.17. The third-order valence-corrected chi connectivity index (χ3v) is 2.75. The highest BCUT2D eigenvalue weighted by atomic mass is 19.1. The van der Waals surface area contributed by atoms with E-state index in [-0.39, 0.29) is 30.5 Å². The molecule has 0 saturated heterocycles. The molecule has 7 heteroatoms. The number of nitrogens with zero attached hydrogens (tertiary/aromatic N) is 1. The van der Waals surface area contributed by atoms with Gasteiger partial charge in [0.25, 0.3) is 0 Å². The number of halogens is 2. The highest BCUT2D eigenvalue weighted by molar-refractivity contribution is 5.77. The van der Waals surface area contributed by atoms with E-state index in [1.54, 1.807) is 0 Å². The van der Waals surface area contributed by atoms with E-state index in [1.165, 1.54) is 7.05 Å². The minimum Gasteiger partial charge on any atom is -0.371 e. The fourth-order valence-electron chi connectivity index (χ4n) is 1.59. The van der Waals surface area contributed by atoms with E-state index in [0.717, 1.165) is 18.9 Å². The van der Waals surface area contributed by atoms with Gasteiger partial charge >= 0.3 is 0 Å². The number of hydrogen-bond donors (Lipinski definition) is 3. The maximum atomic E-state index is 13.4. The van der Waals surface area contributed by atoms with Crippen LogP contribution in [0.2, 0.25) is 0 Å². The molecule has 0 aliphatic heterocycles. The smallest absolute Gasteiger partial charge is 0.221 e. The molecule has 1 fully saturated rings. The minimum absolute atomic E-state index is 0.0358. The molecule has 1 amide bonds. The standard InChI is InChI=1S/C12H16F2N4O/c1-15-11-8(13)6-9(14)12(18-11)16-5-4-10(19)17-7-2-3-7/h6-7H,2-5H2,1H3,(H,17,19)(H2,15,16,18). The van der Waals surface area contributed by atoms with Crippen LogP contribution in [0.5, 0.6) is 0 Å². The molecule has 0 bridgehead atoms. The van der Waals surface area contributed by atoms with Crippen molar-refractivity contribution in [1.82, 2.24) is 10.3 Å². The summed E-state index contributed by atoms with van der Waals surface area (Å²) >= 11 is 0. The Bertz CT molecular complexity index is 477. The van der Waals surface area contributed by atoms with Gasteiger partial charge in [0.05, 0.1) is 0 Å². The number of pyridine rings is 1. The van der Waals surface area contributed by atoms with Crippen LogP contribution < -0.4 is 16.0 Å². The molecule has 1 aliphatic rings. The van der Waals surface area contributed by atoms with Gasteiger partial charge in [-0.1, -0.05) is 0 Å². The Morgan fingerprint density at radius 1 is 1.37 bits per heavy atom. The van der Waals surface area contributed by atoms with Crippen LogP contribution in [0.25, 0.3) is 0 Å². The lowest BCUT2D eigenvalue weighted by atomic mass is 10.3. The second kappa shape index (κ2) is 5.81. The molecule has 104 valence electrons. The Morgan fingerprint density at radius 3 is 2.68 bits per heavy atom. The number of carbonyl (C=O) groups is 1. The number of carbonyl (C=O) groups excluding carboxylic acids is 1. The third-order valence-electron chi connectivity index (χ3n) is 2.75. The van der Waals surface area contributed by atoms with Crippen molar-refractivity contribution < 1.29 is 13.6 Å². The molecule has 0 spiro atoms. The Morgan fingerprint density at radius 2 is 2.05 bits per heavy atom. The summed E-state index contributed by atoms with van der Waals surface area (Å²) in [6.07, 6.45) is 2.28. The van der Waals surface area contributed by atoms with E-state index in [9.17, 15) is 13.6 Å². The molecule has 3 N–H and O–H groups in total. The minimum atomic E-state index is -0.779. The number of aromatic nitrogens is 1. The van der Waals surface area contributed by atoms with Gasteiger partial charge in [-0.15, -0.1) is 0 Å². The zero-order chi connectivity index (χ0) is 13.8. The molecular weight excluding hydrogens is 254 g/mol. The summed E-state index contributed by atoms with van der Waals surface area (Å²) in [4.78, 5) is 15.2. The van der Waals surface area contributed by atoms with Gasteiger partial charge in [-0.2, -0.15) is 0 Å². The maximum Gasteiger partial charge on any atom is 0.221 e. The molecule has 0 radical (unpaired) electrons. The van der Waals surface area contributed by atoms with Gasteiger partial charge in [0.15, 0.2) is 23.3 Å². The number of amides is 1. The van der Waals surface area contributed by atoms with Crippen molar-refractivity contribution in [3.63, 3.8) is 0 Å². The van der Waals surface area contributed by atoms with Crippen molar-refractivity contribution in [1.29, 1.82) is 0 Å². The Balaban J connectivity index is 1.86. The van der Waals surface area contributed by atoms with E-state index < -0.39 is 11.6 Å². The van der Waals surface area contributed by atoms with Crippen molar-refractivity contribution in [2.45, 2.75) is 25.3 Å². The van der Waals surface area contributed by atoms with Gasteiger partial charge in [0.2, 0.25) is 5.91 Å². The summed E-state index contributed by atoms with van der Waals surface area (Å²) in [7, 11) is 1.50. The number of anilines is 2. The van der Waals surface area contributed by atoms with Crippen molar-refractivity contribution in [2.75, 3.05) is 24.2 Å². The van der Waals surface area contributed by atoms with E-state index >= 15 is 0 Å². The third kappa shape index (κ3) is 3.77. The Hall–Kier alpha value is -1.92. The first-order valence-corrected chi connectivity index (χ1v) is 6.17. The Kier molecular flexibility index (Phi) is 4.13. The van der Waals surface area contributed by atoms with Crippen LogP contribution in [0.1, 0.15) is 19.3 Å². The average molecular weight is 270 g/mol. The topological polar surface area (TPSA) is 66.0 Å². The van der Waals surface area contributed by atoms with Crippen LogP contribution in [0.15, 0.2) is 6.07 Å². The quantitative estimate of drug-likeness (QED) is 0.732. The summed E-state index contributed by atoms with van der Waals surface area (Å²) < 4.78 is 26.6. The molecule has 5 nitrogen and oxygen atoms in total. The van der Waals surface area contributed by atoms with Crippen molar-refractivity contribution in [3.8, 4) is 0 Å². The highest BCUT2D eigenvalue weighted by Crippen LogP contribution is 2.19. The van der Waals surface area contributed by atoms with E-state index in [0.29, 0.717) is 6.04 Å². The van der Waals surface area contributed by atoms with Gasteiger partial charge in [0, 0.05) is 32.1 Å². The molecule has 1 aromatic rings. The lowest BCUT2D eigenvalue weighted by Gasteiger charge is -2.09. The molecule has 1 aromatic heterocycles. The van der Waals surface area contributed by atoms with Gasteiger partial charge in [0.1, 0.15) is 0 Å². The summed E-state index contributed by atoms with van der Waals surface area (Å²) in [5.74, 6) is -1.71. The molecule has 2 rings (SSSR count). The van der Waals surface area contributed by atoms with Gasteiger partial charge in [-0.3, -0.25) is 4.79 Å². The highest BCUT2D eigenvalue weighted by Gasteiger charge is 2.22. The zero-order valence-electron chi connectivity index (χ0n) is 10.6. The molecule has 1 saturated carbocycles. The molecule has 1 aliphatic carbocycles. The van der Waals surface area contributed by atoms with Crippen LogP contribution in [-0.2, 0) is 4.79 Å². The monoisotopic (exact) mass is 270 g/mol. The molecule has 19 heavy (non-hydrogen) atoms. The second-order valence-electron chi connectivity index (χ2n) is 4.42. The van der Waals surface area contributed by atoms with Crippen molar-refractivity contribution in [2.24, 2.45) is 0 Å². The van der Waals surface area contributed by atoms with Crippen LogP contribution in [0, 0.1) is 11.6 Å². The van der Waals surface area contributed by atoms with E-state index in [1.807, 2.05) is 0 Å². The summed E-state index contributed by atoms with van der Waals surface area (Å²) in [6.45, 7) is 0.247. The largest absolute Gasteiger partial charge is 0.371 e. The predicted molar refractivity (Wildman–Crippen MR) is 68.0 cm³/mol. The number of nitrogens with one attached hydrogen (secondary N) is 3. The second-order valence-corrected chi connectivity index (χ2v) is 4.42. The van der Waals surface area contributed by atoms with Crippen LogP contribution in [-0.4, -0.2) is 30.5 Å². The fraction of sp³-hybridized carbons (Fsp3) is 0.500. The molecular formula is C12H16F2N4O. The molecule has 0 unspecified atom stereocenters. The van der Waals surface area contributed by atoms with Gasteiger partial charge in [-0.05, 0) is 12.8 Å². The van der Waals surface area contributed by atoms with Crippen molar-refractivity contribution in [3.05, 3.63) is 17.7 Å². The van der Waals surface area contributed by atoms with E-state index in [2.05, 4.69) is 20.9 Å². The predicted octanol–water partition coefficient (Wildman–Crippen LogP) is 1.48. The lowest BCUT2D eigenvalue weighted by Crippen LogP contribution is -2.27. The van der Waals surface area contributed by atoms with Crippen LogP contribution in [0.4, 0.5) is 20.4 Å². The number of hydrogen-bond acceptors (Lipinski definition) is 4. The fourth-order valence-corrected chi connectivity index (χ4v) is 1.59. The summed E-state index contributed by atoms with van der Waals surface area (Å²) in [5.41, 5.74) is 0. The molecule has 1 heterocycles. The first-order chi connectivity index (χ1) is 9.10. The number of rotatable bonds is 6. The lowest BCUT2D eigenvalue weighted by molar-refractivity contribution is -0.120. The Labute approximate surface area is 109 Å². The van der Waals surface area contributed by atoms with E-state index in [4.69, 9.17) is 0 Å². The first kappa shape index (κ1) is 13.5. The van der Waals surface area contributed by atoms with Gasteiger partial charge in [-0.25, -0.2) is 13.8 Å². The summed E-state index contributed by atoms with van der Waals surface area (Å²) in [6, 6.07) is 1.06. The average Bonchev–Trinajstić information content (AvgIpc) is 3.15. The van der Waals surface area contributed by atoms with Crippen LogP contribution >= 0.6 is 0 Å². The SMILES string of the molecule is CNc1nc(NCCC(=O)NC2CC2)c(F)cc1F. The molecule has 0 atom stereocenters. The van der Waals surface area contributed by atoms with Crippen molar-refractivity contribution >= 4 is 17.5 Å². The maximum absolute atomic E-state index is 13.4. The van der Waals surface area contributed by atoms with Gasteiger partial charge < -0.3 is 16.0 Å².